The lowest BCUT2D eigenvalue weighted by Crippen LogP contribution is -2.49. The van der Waals surface area contributed by atoms with Gasteiger partial charge in [0.1, 0.15) is 0 Å². The Morgan fingerprint density at radius 3 is 2.78 bits per heavy atom. The molecule has 2 N–H and O–H groups in total. The average Bonchev–Trinajstić information content (AvgIpc) is 3.03. The van der Waals surface area contributed by atoms with Crippen LogP contribution in [0.2, 0.25) is 0 Å². The Hall–Kier alpha value is -1.60. The van der Waals surface area contributed by atoms with Gasteiger partial charge >= 0.3 is 6.03 Å². The average molecular weight is 338 g/mol. The van der Waals surface area contributed by atoms with Crippen molar-refractivity contribution in [3.8, 4) is 0 Å². The number of nitrogens with two attached hydrogens (primary N) is 1. The number of rotatable bonds is 6. The van der Waals surface area contributed by atoms with Crippen molar-refractivity contribution in [3.63, 3.8) is 0 Å². The van der Waals surface area contributed by atoms with Gasteiger partial charge in [-0.25, -0.2) is 4.79 Å². The summed E-state index contributed by atoms with van der Waals surface area (Å²) in [4.78, 5) is 29.9. The maximum Gasteiger partial charge on any atom is 0.314 e. The van der Waals surface area contributed by atoms with Gasteiger partial charge in [0.15, 0.2) is 0 Å². The SMILES string of the molecule is CN(C)CCN(Cc1ccsc1)C(=O)[C@@H]1CCCN(C(N)=O)C1. The topological polar surface area (TPSA) is 69.9 Å². The summed E-state index contributed by atoms with van der Waals surface area (Å²) in [6.45, 7) is 3.23. The summed E-state index contributed by atoms with van der Waals surface area (Å²) < 4.78 is 0. The molecule has 0 saturated carbocycles. The second-order valence-electron chi connectivity index (χ2n) is 6.32. The summed E-state index contributed by atoms with van der Waals surface area (Å²) >= 11 is 1.64. The number of carbonyl (C=O) groups is 2. The lowest BCUT2D eigenvalue weighted by Gasteiger charge is -2.34. The van der Waals surface area contributed by atoms with Crippen LogP contribution in [0.3, 0.4) is 0 Å². The molecule has 0 aliphatic carbocycles. The Morgan fingerprint density at radius 2 is 2.17 bits per heavy atom. The summed E-state index contributed by atoms with van der Waals surface area (Å²) in [5.41, 5.74) is 6.53. The molecule has 0 aromatic carbocycles. The largest absolute Gasteiger partial charge is 0.351 e. The van der Waals surface area contributed by atoms with E-state index in [0.29, 0.717) is 26.2 Å². The van der Waals surface area contributed by atoms with Gasteiger partial charge in [0.25, 0.3) is 0 Å². The summed E-state index contributed by atoms with van der Waals surface area (Å²) in [6, 6.07) is 1.62. The van der Waals surface area contributed by atoms with E-state index < -0.39 is 6.03 Å². The number of nitrogens with zero attached hydrogens (tertiary/aromatic N) is 3. The minimum atomic E-state index is -0.430. The normalized spacial score (nSPS) is 18.2. The van der Waals surface area contributed by atoms with Crippen LogP contribution in [0.1, 0.15) is 18.4 Å². The molecule has 0 spiro atoms. The van der Waals surface area contributed by atoms with Crippen molar-refractivity contribution < 1.29 is 9.59 Å². The molecule has 23 heavy (non-hydrogen) atoms. The molecule has 0 bridgehead atoms. The van der Waals surface area contributed by atoms with E-state index in [4.69, 9.17) is 5.73 Å². The van der Waals surface area contributed by atoms with Crippen LogP contribution >= 0.6 is 11.3 Å². The lowest BCUT2D eigenvalue weighted by atomic mass is 9.96. The van der Waals surface area contributed by atoms with Gasteiger partial charge in [0.05, 0.1) is 5.92 Å². The first-order valence-corrected chi connectivity index (χ1v) is 8.90. The van der Waals surface area contributed by atoms with Gasteiger partial charge in [-0.1, -0.05) is 0 Å². The fourth-order valence-corrected chi connectivity index (χ4v) is 3.49. The van der Waals surface area contributed by atoms with Crippen molar-refractivity contribution in [2.45, 2.75) is 19.4 Å². The first kappa shape index (κ1) is 17.7. The molecule has 7 heteroatoms. The maximum atomic E-state index is 12.9. The number of amides is 3. The van der Waals surface area contributed by atoms with Crippen LogP contribution in [-0.2, 0) is 11.3 Å². The van der Waals surface area contributed by atoms with Crippen LogP contribution in [0.25, 0.3) is 0 Å². The number of carbonyl (C=O) groups excluding carboxylic acids is 2. The zero-order valence-corrected chi connectivity index (χ0v) is 14.7. The first-order chi connectivity index (χ1) is 11.0. The molecule has 1 atom stereocenters. The molecule has 1 aromatic rings. The zero-order valence-electron chi connectivity index (χ0n) is 13.9. The van der Waals surface area contributed by atoms with Crippen LogP contribution in [0, 0.1) is 5.92 Å². The van der Waals surface area contributed by atoms with Crippen molar-refractivity contribution >= 4 is 23.3 Å². The number of piperidine rings is 1. The predicted molar refractivity (Wildman–Crippen MR) is 92.2 cm³/mol. The molecule has 6 nitrogen and oxygen atoms in total. The van der Waals surface area contributed by atoms with E-state index >= 15 is 0 Å². The highest BCUT2D eigenvalue weighted by Crippen LogP contribution is 2.20. The molecule has 1 fully saturated rings. The van der Waals surface area contributed by atoms with Crippen LogP contribution in [0.15, 0.2) is 16.8 Å². The van der Waals surface area contributed by atoms with Gasteiger partial charge in [-0.2, -0.15) is 11.3 Å². The second kappa shape index (κ2) is 8.31. The molecule has 0 radical (unpaired) electrons. The number of hydrogen-bond acceptors (Lipinski definition) is 4. The minimum absolute atomic E-state index is 0.129. The summed E-state index contributed by atoms with van der Waals surface area (Å²) in [7, 11) is 4.01. The van der Waals surface area contributed by atoms with E-state index in [1.54, 1.807) is 16.2 Å². The number of likely N-dealkylation sites (N-methyl/N-ethyl adjacent to an activating group) is 1. The van der Waals surface area contributed by atoms with Crippen molar-refractivity contribution in [2.24, 2.45) is 11.7 Å². The molecule has 0 unspecified atom stereocenters. The van der Waals surface area contributed by atoms with Gasteiger partial charge in [0.2, 0.25) is 5.91 Å². The minimum Gasteiger partial charge on any atom is -0.351 e. The van der Waals surface area contributed by atoms with Gasteiger partial charge in [-0.05, 0) is 49.3 Å². The van der Waals surface area contributed by atoms with Crippen molar-refractivity contribution in [2.75, 3.05) is 40.3 Å². The molecule has 2 heterocycles. The fraction of sp³-hybridized carbons (Fsp3) is 0.625. The molecule has 3 amide bonds. The predicted octanol–water partition coefficient (Wildman–Crippen LogP) is 1.43. The standard InChI is InChI=1S/C16H26N4O2S/c1-18(2)7-8-19(10-13-5-9-23-12-13)15(21)14-4-3-6-20(11-14)16(17)22/h5,9,12,14H,3-4,6-8,10-11H2,1-2H3,(H2,17,22)/t14-/m1/s1. The van der Waals surface area contributed by atoms with Crippen LogP contribution in [0.4, 0.5) is 4.79 Å². The highest BCUT2D eigenvalue weighted by atomic mass is 32.1. The number of hydrogen-bond donors (Lipinski definition) is 1. The zero-order chi connectivity index (χ0) is 16.8. The van der Waals surface area contributed by atoms with Gasteiger partial charge in [0, 0.05) is 32.7 Å². The first-order valence-electron chi connectivity index (χ1n) is 7.96. The molecule has 128 valence electrons. The molecule has 1 aliphatic rings. The highest BCUT2D eigenvalue weighted by Gasteiger charge is 2.30. The third-order valence-corrected chi connectivity index (χ3v) is 4.90. The number of primary amides is 1. The number of urea groups is 1. The Bertz CT molecular complexity index is 518. The Kier molecular flexibility index (Phi) is 6.41. The fourth-order valence-electron chi connectivity index (χ4n) is 2.83. The maximum absolute atomic E-state index is 12.9. The third-order valence-electron chi connectivity index (χ3n) is 4.16. The van der Waals surface area contributed by atoms with E-state index in [0.717, 1.165) is 24.9 Å². The van der Waals surface area contributed by atoms with E-state index in [9.17, 15) is 9.59 Å². The Labute approximate surface area is 141 Å². The monoisotopic (exact) mass is 338 g/mol. The molecular formula is C16H26N4O2S. The number of likely N-dealkylation sites (tertiary alicyclic amines) is 1. The summed E-state index contributed by atoms with van der Waals surface area (Å²) in [6.07, 6.45) is 1.66. The van der Waals surface area contributed by atoms with Crippen molar-refractivity contribution in [1.29, 1.82) is 0 Å². The van der Waals surface area contributed by atoms with Crippen LogP contribution in [-0.4, -0.2) is 66.9 Å². The molecule has 1 saturated heterocycles. The van der Waals surface area contributed by atoms with E-state index in [1.165, 1.54) is 0 Å². The van der Waals surface area contributed by atoms with Gasteiger partial charge in [-0.15, -0.1) is 0 Å². The quantitative estimate of drug-likeness (QED) is 0.853. The summed E-state index contributed by atoms with van der Waals surface area (Å²) in [5.74, 6) is -0.0129. The Morgan fingerprint density at radius 1 is 1.39 bits per heavy atom. The van der Waals surface area contributed by atoms with E-state index in [-0.39, 0.29) is 11.8 Å². The van der Waals surface area contributed by atoms with Crippen LogP contribution < -0.4 is 5.73 Å². The van der Waals surface area contributed by atoms with E-state index in [1.807, 2.05) is 24.4 Å². The van der Waals surface area contributed by atoms with Crippen LogP contribution in [0.5, 0.6) is 0 Å². The smallest absolute Gasteiger partial charge is 0.314 e. The third kappa shape index (κ3) is 5.21. The van der Waals surface area contributed by atoms with E-state index in [2.05, 4.69) is 16.3 Å². The Balaban J connectivity index is 2.03. The molecule has 1 aliphatic heterocycles. The number of thiophene rings is 1. The molecule has 1 aromatic heterocycles. The lowest BCUT2D eigenvalue weighted by molar-refractivity contribution is -0.137. The second-order valence-corrected chi connectivity index (χ2v) is 7.10. The highest BCUT2D eigenvalue weighted by molar-refractivity contribution is 7.07. The molecule has 2 rings (SSSR count). The molecular weight excluding hydrogens is 312 g/mol. The van der Waals surface area contributed by atoms with Gasteiger partial charge < -0.3 is 20.4 Å². The van der Waals surface area contributed by atoms with Gasteiger partial charge in [-0.3, -0.25) is 4.79 Å². The van der Waals surface area contributed by atoms with Crippen molar-refractivity contribution in [1.82, 2.24) is 14.7 Å². The van der Waals surface area contributed by atoms with Crippen molar-refractivity contribution in [3.05, 3.63) is 22.4 Å². The summed E-state index contributed by atoms with van der Waals surface area (Å²) in [5, 5.41) is 4.10.